The Hall–Kier alpha value is -0.730. The van der Waals surface area contributed by atoms with Gasteiger partial charge in [0.1, 0.15) is 0 Å². The molecule has 0 saturated heterocycles. The molecule has 0 bridgehead atoms. The third kappa shape index (κ3) is 7.55. The van der Waals surface area contributed by atoms with Gasteiger partial charge in [-0.15, -0.1) is 12.3 Å². The summed E-state index contributed by atoms with van der Waals surface area (Å²) in [7, 11) is 0. The summed E-state index contributed by atoms with van der Waals surface area (Å²) in [6.45, 7) is 2.70. The van der Waals surface area contributed by atoms with Gasteiger partial charge >= 0.3 is 6.18 Å². The maximum absolute atomic E-state index is 12.0. The zero-order valence-corrected chi connectivity index (χ0v) is 9.53. The van der Waals surface area contributed by atoms with Crippen molar-refractivity contribution < 1.29 is 13.2 Å². The van der Waals surface area contributed by atoms with Crippen molar-refractivity contribution in [3.05, 3.63) is 0 Å². The Balaban J connectivity index is 3.93. The maximum Gasteiger partial charge on any atom is 0.389 e. The van der Waals surface area contributed by atoms with Crippen LogP contribution in [0, 0.1) is 12.3 Å². The molecule has 0 spiro atoms. The minimum Gasteiger partial charge on any atom is -0.329 e. The third-order valence-corrected chi connectivity index (χ3v) is 2.46. The number of hydrogen-bond donors (Lipinski definition) is 2. The van der Waals surface area contributed by atoms with Gasteiger partial charge in [0.2, 0.25) is 0 Å². The SMILES string of the molecule is C#CCCNC(C)(CN)CCCC(F)(F)F. The molecule has 0 fully saturated rings. The molecule has 94 valence electrons. The Kier molecular flexibility index (Phi) is 6.46. The van der Waals surface area contributed by atoms with Crippen LogP contribution in [0.2, 0.25) is 0 Å². The second-order valence-corrected chi connectivity index (χ2v) is 4.11. The van der Waals surface area contributed by atoms with Gasteiger partial charge in [-0.1, -0.05) is 0 Å². The van der Waals surface area contributed by atoms with Crippen molar-refractivity contribution in [2.45, 2.75) is 44.3 Å². The Morgan fingerprint density at radius 3 is 2.38 bits per heavy atom. The summed E-state index contributed by atoms with van der Waals surface area (Å²) in [6, 6.07) is 0. The fraction of sp³-hybridized carbons (Fsp3) is 0.818. The first-order valence-electron chi connectivity index (χ1n) is 5.28. The van der Waals surface area contributed by atoms with Crippen LogP contribution < -0.4 is 11.1 Å². The molecular formula is C11H19F3N2. The predicted molar refractivity (Wildman–Crippen MR) is 58.8 cm³/mol. The third-order valence-electron chi connectivity index (χ3n) is 2.46. The second-order valence-electron chi connectivity index (χ2n) is 4.11. The molecule has 16 heavy (non-hydrogen) atoms. The predicted octanol–water partition coefficient (Wildman–Crippen LogP) is 2.05. The van der Waals surface area contributed by atoms with Crippen LogP contribution in [-0.4, -0.2) is 24.8 Å². The normalized spacial score (nSPS) is 15.5. The van der Waals surface area contributed by atoms with Gasteiger partial charge in [-0.05, 0) is 19.8 Å². The van der Waals surface area contributed by atoms with Gasteiger partial charge < -0.3 is 11.1 Å². The van der Waals surface area contributed by atoms with Gasteiger partial charge in [0, 0.05) is 31.5 Å². The van der Waals surface area contributed by atoms with E-state index in [-0.39, 0.29) is 6.42 Å². The van der Waals surface area contributed by atoms with Gasteiger partial charge in [-0.2, -0.15) is 13.2 Å². The van der Waals surface area contributed by atoms with Gasteiger partial charge in [0.25, 0.3) is 0 Å². The van der Waals surface area contributed by atoms with Gasteiger partial charge in [0.05, 0.1) is 0 Å². The van der Waals surface area contributed by atoms with E-state index in [9.17, 15) is 13.2 Å². The van der Waals surface area contributed by atoms with Gasteiger partial charge in [-0.25, -0.2) is 0 Å². The molecule has 0 heterocycles. The lowest BCUT2D eigenvalue weighted by molar-refractivity contribution is -0.136. The second kappa shape index (κ2) is 6.77. The summed E-state index contributed by atoms with van der Waals surface area (Å²) in [5, 5.41) is 3.10. The van der Waals surface area contributed by atoms with E-state index in [1.54, 1.807) is 0 Å². The lowest BCUT2D eigenvalue weighted by Crippen LogP contribution is -2.49. The minimum absolute atomic E-state index is 0.0836. The molecule has 0 aromatic heterocycles. The summed E-state index contributed by atoms with van der Waals surface area (Å²) >= 11 is 0. The summed E-state index contributed by atoms with van der Waals surface area (Å²) in [4.78, 5) is 0. The van der Waals surface area contributed by atoms with Crippen molar-refractivity contribution in [3.8, 4) is 12.3 Å². The molecule has 0 aliphatic carbocycles. The standard InChI is InChI=1S/C11H19F3N2/c1-3-4-8-16-10(2,9-15)6-5-7-11(12,13)14/h1,16H,4-9,15H2,2H3. The summed E-state index contributed by atoms with van der Waals surface area (Å²) in [6.07, 6.45) is 1.26. The molecule has 0 amide bonds. The zero-order chi connectivity index (χ0) is 12.7. The van der Waals surface area contributed by atoms with Gasteiger partial charge in [-0.3, -0.25) is 0 Å². The van der Waals surface area contributed by atoms with E-state index in [1.807, 2.05) is 6.92 Å². The molecule has 0 saturated carbocycles. The smallest absolute Gasteiger partial charge is 0.329 e. The van der Waals surface area contributed by atoms with Crippen molar-refractivity contribution in [3.63, 3.8) is 0 Å². The van der Waals surface area contributed by atoms with Crippen LogP contribution in [0.15, 0.2) is 0 Å². The zero-order valence-electron chi connectivity index (χ0n) is 9.53. The number of alkyl halides is 3. The van der Waals surface area contributed by atoms with Crippen molar-refractivity contribution in [2.75, 3.05) is 13.1 Å². The highest BCUT2D eigenvalue weighted by molar-refractivity contribution is 4.89. The lowest BCUT2D eigenvalue weighted by Gasteiger charge is -2.29. The molecule has 0 aromatic rings. The van der Waals surface area contributed by atoms with E-state index < -0.39 is 18.1 Å². The molecule has 3 N–H and O–H groups in total. The van der Waals surface area contributed by atoms with Crippen LogP contribution in [0.25, 0.3) is 0 Å². The summed E-state index contributed by atoms with van der Waals surface area (Å²) in [5.74, 6) is 2.46. The van der Waals surface area contributed by atoms with Crippen LogP contribution in [0.5, 0.6) is 0 Å². The van der Waals surface area contributed by atoms with Crippen LogP contribution in [0.3, 0.4) is 0 Å². The fourth-order valence-electron chi connectivity index (χ4n) is 1.38. The molecular weight excluding hydrogens is 217 g/mol. The van der Waals surface area contributed by atoms with Crippen LogP contribution >= 0.6 is 0 Å². The van der Waals surface area contributed by atoms with Crippen LogP contribution in [-0.2, 0) is 0 Å². The Morgan fingerprint density at radius 2 is 1.94 bits per heavy atom. The van der Waals surface area contributed by atoms with Crippen molar-refractivity contribution >= 4 is 0 Å². The van der Waals surface area contributed by atoms with Crippen molar-refractivity contribution in [1.82, 2.24) is 5.32 Å². The molecule has 0 aliphatic rings. The number of nitrogens with one attached hydrogen (secondary N) is 1. The summed E-state index contributed by atoms with van der Waals surface area (Å²) in [5.41, 5.74) is 5.09. The highest BCUT2D eigenvalue weighted by Crippen LogP contribution is 2.24. The first-order valence-corrected chi connectivity index (χ1v) is 5.28. The highest BCUT2D eigenvalue weighted by atomic mass is 19.4. The molecule has 0 radical (unpaired) electrons. The minimum atomic E-state index is -4.09. The van der Waals surface area contributed by atoms with Crippen molar-refractivity contribution in [2.24, 2.45) is 5.73 Å². The van der Waals surface area contributed by atoms with E-state index in [0.29, 0.717) is 25.9 Å². The Labute approximate surface area is 94.8 Å². The van der Waals surface area contributed by atoms with Gasteiger partial charge in [0.15, 0.2) is 0 Å². The lowest BCUT2D eigenvalue weighted by atomic mass is 9.94. The molecule has 2 nitrogen and oxygen atoms in total. The Morgan fingerprint density at radius 1 is 1.31 bits per heavy atom. The Bertz CT molecular complexity index is 232. The van der Waals surface area contributed by atoms with Crippen molar-refractivity contribution in [1.29, 1.82) is 0 Å². The fourth-order valence-corrected chi connectivity index (χ4v) is 1.38. The molecule has 5 heteroatoms. The molecule has 1 atom stereocenters. The average molecular weight is 236 g/mol. The van der Waals surface area contributed by atoms with E-state index in [0.717, 1.165) is 0 Å². The number of nitrogens with two attached hydrogens (primary N) is 1. The monoisotopic (exact) mass is 236 g/mol. The molecule has 0 aromatic carbocycles. The molecule has 0 rings (SSSR count). The highest BCUT2D eigenvalue weighted by Gasteiger charge is 2.29. The average Bonchev–Trinajstić information content (AvgIpc) is 2.16. The number of terminal acetylenes is 1. The van der Waals surface area contributed by atoms with E-state index in [4.69, 9.17) is 12.2 Å². The van der Waals surface area contributed by atoms with Crippen LogP contribution in [0.1, 0.15) is 32.6 Å². The maximum atomic E-state index is 12.0. The van der Waals surface area contributed by atoms with E-state index in [1.165, 1.54) is 0 Å². The quantitative estimate of drug-likeness (QED) is 0.524. The topological polar surface area (TPSA) is 38.0 Å². The van der Waals surface area contributed by atoms with Crippen LogP contribution in [0.4, 0.5) is 13.2 Å². The molecule has 0 aliphatic heterocycles. The first-order chi connectivity index (χ1) is 7.33. The first kappa shape index (κ1) is 15.3. The largest absolute Gasteiger partial charge is 0.389 e. The summed E-state index contributed by atoms with van der Waals surface area (Å²) < 4.78 is 35.9. The number of halogens is 3. The molecule has 1 unspecified atom stereocenters. The number of hydrogen-bond acceptors (Lipinski definition) is 2. The van der Waals surface area contributed by atoms with E-state index in [2.05, 4.69) is 11.2 Å². The van der Waals surface area contributed by atoms with E-state index >= 15 is 0 Å². The number of rotatable bonds is 7.